The van der Waals surface area contributed by atoms with Crippen molar-refractivity contribution in [3.05, 3.63) is 60.2 Å². The van der Waals surface area contributed by atoms with Crippen LogP contribution in [-0.4, -0.2) is 68.9 Å². The predicted molar refractivity (Wildman–Crippen MR) is 135 cm³/mol. The summed E-state index contributed by atoms with van der Waals surface area (Å²) in [6.07, 6.45) is 2.52. The second-order valence-corrected chi connectivity index (χ2v) is 9.53. The SMILES string of the molecule is CCN1CCN(C(=O)CCCCSc2nnc(-c3ccc(C)cc3)n2-c2ccccc2)CC1. The van der Waals surface area contributed by atoms with Gasteiger partial charge in [-0.25, -0.2) is 0 Å². The summed E-state index contributed by atoms with van der Waals surface area (Å²) in [4.78, 5) is 16.9. The van der Waals surface area contributed by atoms with Crippen molar-refractivity contribution in [3.8, 4) is 17.1 Å². The maximum atomic E-state index is 12.5. The van der Waals surface area contributed by atoms with E-state index in [0.717, 1.165) is 73.5 Å². The summed E-state index contributed by atoms with van der Waals surface area (Å²) in [5, 5.41) is 9.92. The third-order valence-corrected chi connectivity index (χ3v) is 7.16. The molecule has 0 radical (unpaired) electrons. The average Bonchev–Trinajstić information content (AvgIpc) is 3.28. The number of nitrogens with zero attached hydrogens (tertiary/aromatic N) is 5. The molecular weight excluding hydrogens is 430 g/mol. The minimum Gasteiger partial charge on any atom is -0.340 e. The zero-order valence-corrected chi connectivity index (χ0v) is 20.4. The van der Waals surface area contributed by atoms with Gasteiger partial charge in [0.25, 0.3) is 0 Å². The zero-order valence-electron chi connectivity index (χ0n) is 19.6. The van der Waals surface area contributed by atoms with Gasteiger partial charge in [-0.2, -0.15) is 0 Å². The van der Waals surface area contributed by atoms with Crippen LogP contribution in [0.15, 0.2) is 59.8 Å². The number of carbonyl (C=O) groups excluding carboxylic acids is 1. The molecule has 1 amide bonds. The molecule has 1 fully saturated rings. The van der Waals surface area contributed by atoms with E-state index in [1.165, 1.54) is 5.56 Å². The van der Waals surface area contributed by atoms with Crippen LogP contribution < -0.4 is 0 Å². The normalized spacial score (nSPS) is 14.5. The highest BCUT2D eigenvalue weighted by molar-refractivity contribution is 7.99. The van der Waals surface area contributed by atoms with Crippen LogP contribution in [0, 0.1) is 6.92 Å². The Morgan fingerprint density at radius 1 is 0.939 bits per heavy atom. The summed E-state index contributed by atoms with van der Waals surface area (Å²) in [6, 6.07) is 18.7. The van der Waals surface area contributed by atoms with Crippen LogP contribution in [0.25, 0.3) is 17.1 Å². The van der Waals surface area contributed by atoms with Crippen molar-refractivity contribution in [1.82, 2.24) is 24.6 Å². The van der Waals surface area contributed by atoms with Crippen LogP contribution in [0.5, 0.6) is 0 Å². The molecule has 0 bridgehead atoms. The largest absolute Gasteiger partial charge is 0.340 e. The van der Waals surface area contributed by atoms with Crippen LogP contribution in [0.2, 0.25) is 0 Å². The molecule has 0 saturated carbocycles. The van der Waals surface area contributed by atoms with Crippen molar-refractivity contribution in [3.63, 3.8) is 0 Å². The average molecular weight is 464 g/mol. The van der Waals surface area contributed by atoms with Gasteiger partial charge in [-0.05, 0) is 38.4 Å². The first kappa shape index (κ1) is 23.5. The molecule has 2 aromatic carbocycles. The summed E-state index contributed by atoms with van der Waals surface area (Å²) in [6.45, 7) is 9.05. The van der Waals surface area contributed by atoms with Gasteiger partial charge in [0.2, 0.25) is 5.91 Å². The Bertz CT molecular complexity index is 1030. The number of thioether (sulfide) groups is 1. The molecule has 0 spiro atoms. The minimum absolute atomic E-state index is 0.296. The van der Waals surface area contributed by atoms with Gasteiger partial charge in [0.15, 0.2) is 11.0 Å². The third-order valence-electron chi connectivity index (χ3n) is 6.15. The number of hydrogen-bond donors (Lipinski definition) is 0. The molecule has 1 saturated heterocycles. The lowest BCUT2D eigenvalue weighted by Gasteiger charge is -2.34. The summed E-state index contributed by atoms with van der Waals surface area (Å²) >= 11 is 1.71. The molecule has 1 aliphatic heterocycles. The van der Waals surface area contributed by atoms with Crippen LogP contribution >= 0.6 is 11.8 Å². The molecule has 1 aromatic heterocycles. The highest BCUT2D eigenvalue weighted by Gasteiger charge is 2.20. The van der Waals surface area contributed by atoms with Crippen molar-refractivity contribution < 1.29 is 4.79 Å². The maximum Gasteiger partial charge on any atom is 0.222 e. The Morgan fingerprint density at radius 2 is 1.67 bits per heavy atom. The number of piperazine rings is 1. The van der Waals surface area contributed by atoms with Gasteiger partial charge in [-0.1, -0.05) is 66.7 Å². The van der Waals surface area contributed by atoms with Crippen LogP contribution in [-0.2, 0) is 4.79 Å². The number of rotatable bonds is 9. The number of aromatic nitrogens is 3. The fourth-order valence-electron chi connectivity index (χ4n) is 4.08. The Hall–Kier alpha value is -2.64. The summed E-state index contributed by atoms with van der Waals surface area (Å²) in [5.41, 5.74) is 3.33. The highest BCUT2D eigenvalue weighted by atomic mass is 32.2. The summed E-state index contributed by atoms with van der Waals surface area (Å²) in [5.74, 6) is 2.06. The lowest BCUT2D eigenvalue weighted by molar-refractivity contribution is -0.133. The maximum absolute atomic E-state index is 12.5. The van der Waals surface area contributed by atoms with Gasteiger partial charge in [-0.15, -0.1) is 10.2 Å². The number of amides is 1. The number of likely N-dealkylation sites (N-methyl/N-ethyl adjacent to an activating group) is 1. The van der Waals surface area contributed by atoms with E-state index < -0.39 is 0 Å². The van der Waals surface area contributed by atoms with E-state index in [1.807, 2.05) is 23.1 Å². The van der Waals surface area contributed by atoms with Crippen molar-refractivity contribution >= 4 is 17.7 Å². The summed E-state index contributed by atoms with van der Waals surface area (Å²) < 4.78 is 2.13. The highest BCUT2D eigenvalue weighted by Crippen LogP contribution is 2.28. The standard InChI is InChI=1S/C26H33N5OS/c1-3-29-16-18-30(19-17-29)24(32)11-7-8-20-33-26-28-27-25(22-14-12-21(2)13-15-22)31(26)23-9-5-4-6-10-23/h4-6,9-10,12-15H,3,7-8,11,16-20H2,1-2H3. The van der Waals surface area contributed by atoms with Crippen molar-refractivity contribution in [2.75, 3.05) is 38.5 Å². The molecule has 33 heavy (non-hydrogen) atoms. The van der Waals surface area contributed by atoms with Gasteiger partial charge in [0.05, 0.1) is 0 Å². The van der Waals surface area contributed by atoms with Crippen LogP contribution in [0.4, 0.5) is 0 Å². The second kappa shape index (κ2) is 11.5. The zero-order chi connectivity index (χ0) is 23.0. The monoisotopic (exact) mass is 463 g/mol. The van der Waals surface area contributed by atoms with Crippen LogP contribution in [0.3, 0.4) is 0 Å². The van der Waals surface area contributed by atoms with E-state index in [4.69, 9.17) is 0 Å². The lowest BCUT2D eigenvalue weighted by Crippen LogP contribution is -2.48. The molecule has 4 rings (SSSR count). The lowest BCUT2D eigenvalue weighted by atomic mass is 10.1. The molecule has 0 atom stereocenters. The first-order valence-electron chi connectivity index (χ1n) is 11.9. The summed E-state index contributed by atoms with van der Waals surface area (Å²) in [7, 11) is 0. The molecule has 2 heterocycles. The number of carbonyl (C=O) groups is 1. The number of hydrogen-bond acceptors (Lipinski definition) is 5. The third kappa shape index (κ3) is 6.03. The molecule has 3 aromatic rings. The quantitative estimate of drug-likeness (QED) is 0.341. The predicted octanol–water partition coefficient (Wildman–Crippen LogP) is 4.67. The van der Waals surface area contributed by atoms with E-state index >= 15 is 0 Å². The number of benzene rings is 2. The van der Waals surface area contributed by atoms with E-state index in [0.29, 0.717) is 12.3 Å². The minimum atomic E-state index is 0.296. The first-order chi connectivity index (χ1) is 16.2. The molecule has 7 heteroatoms. The van der Waals surface area contributed by atoms with Gasteiger partial charge in [-0.3, -0.25) is 9.36 Å². The Kier molecular flexibility index (Phi) is 8.18. The number of unbranched alkanes of at least 4 members (excludes halogenated alkanes) is 1. The molecular formula is C26H33N5OS. The van der Waals surface area contributed by atoms with E-state index in [1.54, 1.807) is 11.8 Å². The Balaban J connectivity index is 1.34. The van der Waals surface area contributed by atoms with Gasteiger partial charge < -0.3 is 9.80 Å². The number of aryl methyl sites for hydroxylation is 1. The fourth-order valence-corrected chi connectivity index (χ4v) is 5.03. The van der Waals surface area contributed by atoms with Gasteiger partial charge in [0.1, 0.15) is 0 Å². The Labute approximate surface area is 201 Å². The smallest absolute Gasteiger partial charge is 0.222 e. The fraction of sp³-hybridized carbons (Fsp3) is 0.423. The van der Waals surface area contributed by atoms with Gasteiger partial charge >= 0.3 is 0 Å². The molecule has 1 aliphatic rings. The van der Waals surface area contributed by atoms with E-state index in [9.17, 15) is 4.79 Å². The van der Waals surface area contributed by atoms with Crippen LogP contribution in [0.1, 0.15) is 31.7 Å². The van der Waals surface area contributed by atoms with Crippen molar-refractivity contribution in [2.24, 2.45) is 0 Å². The molecule has 174 valence electrons. The first-order valence-corrected chi connectivity index (χ1v) is 12.8. The molecule has 6 nitrogen and oxygen atoms in total. The molecule has 0 unspecified atom stereocenters. The van der Waals surface area contributed by atoms with Crippen molar-refractivity contribution in [2.45, 2.75) is 38.3 Å². The van der Waals surface area contributed by atoms with Crippen molar-refractivity contribution in [1.29, 1.82) is 0 Å². The number of para-hydroxylation sites is 1. The topological polar surface area (TPSA) is 54.3 Å². The van der Waals surface area contributed by atoms with E-state index in [2.05, 4.69) is 69.9 Å². The van der Waals surface area contributed by atoms with E-state index in [-0.39, 0.29) is 0 Å². The second-order valence-electron chi connectivity index (χ2n) is 8.46. The Morgan fingerprint density at radius 3 is 2.36 bits per heavy atom. The van der Waals surface area contributed by atoms with Gasteiger partial charge in [0, 0.05) is 49.6 Å². The molecule has 0 N–H and O–H groups in total. The molecule has 0 aliphatic carbocycles.